The van der Waals surface area contributed by atoms with Gasteiger partial charge in [-0.2, -0.15) is 0 Å². The first kappa shape index (κ1) is 18.8. The number of benzene rings is 2. The molecule has 0 saturated carbocycles. The smallest absolute Gasteiger partial charge is 0.348 e. The van der Waals surface area contributed by atoms with E-state index in [1.165, 1.54) is 39.5 Å². The van der Waals surface area contributed by atoms with Crippen LogP contribution in [0.3, 0.4) is 0 Å². The molecule has 0 aromatic heterocycles. The van der Waals surface area contributed by atoms with Crippen LogP contribution in [0.15, 0.2) is 47.4 Å². The van der Waals surface area contributed by atoms with Crippen molar-refractivity contribution < 1.29 is 32.2 Å². The monoisotopic (exact) mass is 393 g/mol. The van der Waals surface area contributed by atoms with Crippen LogP contribution >= 0.6 is 0 Å². The van der Waals surface area contributed by atoms with Crippen LogP contribution in [0.4, 0.5) is 5.69 Å². The Balaban J connectivity index is 2.08. The highest BCUT2D eigenvalue weighted by Gasteiger charge is 2.38. The molecular formula is C18H19NO7S. The summed E-state index contributed by atoms with van der Waals surface area (Å²) < 4.78 is 48.4. The third kappa shape index (κ3) is 3.37. The zero-order valence-corrected chi connectivity index (χ0v) is 15.9. The Morgan fingerprint density at radius 1 is 1.07 bits per heavy atom. The summed E-state index contributed by atoms with van der Waals surface area (Å²) in [4.78, 5) is 12.0. The lowest BCUT2D eigenvalue weighted by molar-refractivity contribution is -0.148. The van der Waals surface area contributed by atoms with Crippen LogP contribution in [0.1, 0.15) is 0 Å². The fraction of sp³-hybridized carbons (Fsp3) is 0.278. The van der Waals surface area contributed by atoms with E-state index in [-0.39, 0.29) is 22.9 Å². The van der Waals surface area contributed by atoms with Gasteiger partial charge in [0.2, 0.25) is 6.10 Å². The number of fused-ring (bicyclic) bond motifs is 1. The van der Waals surface area contributed by atoms with Gasteiger partial charge in [-0.1, -0.05) is 12.1 Å². The van der Waals surface area contributed by atoms with Crippen molar-refractivity contribution in [3.8, 4) is 17.2 Å². The minimum absolute atomic E-state index is 0.000434. The molecule has 1 atom stereocenters. The summed E-state index contributed by atoms with van der Waals surface area (Å²) in [6.07, 6.45) is -1.07. The number of carbonyl (C=O) groups is 1. The molecule has 0 spiro atoms. The lowest BCUT2D eigenvalue weighted by Crippen LogP contribution is -2.47. The Labute approximate surface area is 157 Å². The number of carbonyl (C=O) groups excluding carboxylic acids is 1. The number of esters is 1. The van der Waals surface area contributed by atoms with Crippen molar-refractivity contribution in [1.29, 1.82) is 0 Å². The molecule has 9 heteroatoms. The van der Waals surface area contributed by atoms with Crippen molar-refractivity contribution in [1.82, 2.24) is 0 Å². The number of hydrogen-bond donors (Lipinski definition) is 0. The summed E-state index contributed by atoms with van der Waals surface area (Å²) in [6.45, 7) is -0.208. The molecule has 0 N–H and O–H groups in total. The fourth-order valence-corrected chi connectivity index (χ4v) is 4.28. The largest absolute Gasteiger partial charge is 0.493 e. The van der Waals surface area contributed by atoms with E-state index in [1.807, 2.05) is 0 Å². The Morgan fingerprint density at radius 3 is 2.44 bits per heavy atom. The van der Waals surface area contributed by atoms with Gasteiger partial charge in [0.25, 0.3) is 10.0 Å². The highest BCUT2D eigenvalue weighted by Crippen LogP contribution is 2.38. The molecule has 2 aromatic carbocycles. The SMILES string of the molecule is COC(=O)[C@H]1CN(S(=O)(=O)c2ccc(OC)c(OC)c2)c2ccccc2O1. The van der Waals surface area contributed by atoms with Gasteiger partial charge in [-0.25, -0.2) is 13.2 Å². The first-order valence-electron chi connectivity index (χ1n) is 8.00. The topological polar surface area (TPSA) is 91.4 Å². The van der Waals surface area contributed by atoms with Crippen LogP contribution in [0.25, 0.3) is 0 Å². The Hall–Kier alpha value is -2.94. The van der Waals surface area contributed by atoms with Crippen molar-refractivity contribution in [3.05, 3.63) is 42.5 Å². The van der Waals surface area contributed by atoms with Gasteiger partial charge in [0.1, 0.15) is 5.75 Å². The van der Waals surface area contributed by atoms with Crippen LogP contribution in [0.2, 0.25) is 0 Å². The van der Waals surface area contributed by atoms with Gasteiger partial charge in [0.15, 0.2) is 11.5 Å². The van der Waals surface area contributed by atoms with Crippen LogP contribution in [0.5, 0.6) is 17.2 Å². The minimum atomic E-state index is -4.00. The lowest BCUT2D eigenvalue weighted by Gasteiger charge is -2.34. The van der Waals surface area contributed by atoms with E-state index in [4.69, 9.17) is 18.9 Å². The number of anilines is 1. The van der Waals surface area contributed by atoms with E-state index in [2.05, 4.69) is 0 Å². The summed E-state index contributed by atoms with van der Waals surface area (Å²) >= 11 is 0. The molecule has 0 saturated heterocycles. The van der Waals surface area contributed by atoms with Crippen LogP contribution in [-0.2, 0) is 19.6 Å². The van der Waals surface area contributed by atoms with Crippen LogP contribution < -0.4 is 18.5 Å². The van der Waals surface area contributed by atoms with Crippen molar-refractivity contribution in [2.45, 2.75) is 11.0 Å². The molecule has 144 valence electrons. The fourth-order valence-electron chi connectivity index (χ4n) is 2.79. The van der Waals surface area contributed by atoms with Crippen molar-refractivity contribution in [2.75, 3.05) is 32.2 Å². The average Bonchev–Trinajstić information content (AvgIpc) is 2.71. The van der Waals surface area contributed by atoms with E-state index < -0.39 is 22.1 Å². The molecule has 0 amide bonds. The van der Waals surface area contributed by atoms with E-state index >= 15 is 0 Å². The molecule has 0 bridgehead atoms. The molecule has 1 aliphatic rings. The second-order valence-corrected chi connectivity index (χ2v) is 7.51. The first-order chi connectivity index (χ1) is 12.9. The van der Waals surface area contributed by atoms with Crippen LogP contribution in [-0.4, -0.2) is 48.4 Å². The van der Waals surface area contributed by atoms with Gasteiger partial charge in [0.05, 0.1) is 38.5 Å². The van der Waals surface area contributed by atoms with Gasteiger partial charge >= 0.3 is 5.97 Å². The van der Waals surface area contributed by atoms with Gasteiger partial charge in [-0.05, 0) is 24.3 Å². The zero-order valence-electron chi connectivity index (χ0n) is 15.0. The van der Waals surface area contributed by atoms with Gasteiger partial charge in [-0.15, -0.1) is 0 Å². The maximum Gasteiger partial charge on any atom is 0.348 e. The molecule has 0 aliphatic carbocycles. The van der Waals surface area contributed by atoms with Crippen molar-refractivity contribution >= 4 is 21.7 Å². The highest BCUT2D eigenvalue weighted by molar-refractivity contribution is 7.92. The van der Waals surface area contributed by atoms with E-state index in [1.54, 1.807) is 24.3 Å². The number of sulfonamides is 1. The Bertz CT molecular complexity index is 958. The second-order valence-electron chi connectivity index (χ2n) is 5.65. The molecule has 0 radical (unpaired) electrons. The van der Waals surface area contributed by atoms with Crippen molar-refractivity contribution in [2.24, 2.45) is 0 Å². The predicted molar refractivity (Wildman–Crippen MR) is 97.0 cm³/mol. The van der Waals surface area contributed by atoms with Crippen molar-refractivity contribution in [3.63, 3.8) is 0 Å². The summed E-state index contributed by atoms with van der Waals surface area (Å²) in [5.74, 6) is 0.316. The zero-order chi connectivity index (χ0) is 19.6. The second kappa shape index (κ2) is 7.36. The Kier molecular flexibility index (Phi) is 5.13. The molecule has 1 aliphatic heterocycles. The molecule has 3 rings (SSSR count). The molecule has 1 heterocycles. The number of ether oxygens (including phenoxy) is 4. The van der Waals surface area contributed by atoms with Crippen LogP contribution in [0, 0.1) is 0 Å². The van der Waals surface area contributed by atoms with Gasteiger partial charge < -0.3 is 18.9 Å². The summed E-state index contributed by atoms with van der Waals surface area (Å²) in [5, 5.41) is 0. The van der Waals surface area contributed by atoms with Gasteiger partial charge in [0, 0.05) is 6.07 Å². The summed E-state index contributed by atoms with van der Waals surface area (Å²) in [6, 6.07) is 10.9. The molecule has 2 aromatic rings. The predicted octanol–water partition coefficient (Wildman–Crippen LogP) is 1.83. The third-order valence-corrected chi connectivity index (χ3v) is 5.92. The standard InChI is InChI=1S/C18H19NO7S/c1-23-15-9-8-12(10-16(15)24-2)27(21,22)19-11-17(18(20)25-3)26-14-7-5-4-6-13(14)19/h4-10,17H,11H2,1-3H3/t17-/m1/s1. The Morgan fingerprint density at radius 2 is 1.78 bits per heavy atom. The van der Waals surface area contributed by atoms with E-state index in [0.29, 0.717) is 11.4 Å². The summed E-state index contributed by atoms with van der Waals surface area (Å²) in [7, 11) is 0.110. The number of hydrogen-bond acceptors (Lipinski definition) is 7. The number of nitrogens with zero attached hydrogens (tertiary/aromatic N) is 1. The quantitative estimate of drug-likeness (QED) is 0.716. The molecular weight excluding hydrogens is 374 g/mol. The number of methoxy groups -OCH3 is 3. The molecule has 27 heavy (non-hydrogen) atoms. The maximum absolute atomic E-state index is 13.3. The highest BCUT2D eigenvalue weighted by atomic mass is 32.2. The third-order valence-electron chi connectivity index (χ3n) is 4.14. The molecule has 0 fully saturated rings. The normalized spacial score (nSPS) is 16.1. The van der Waals surface area contributed by atoms with E-state index in [9.17, 15) is 13.2 Å². The van der Waals surface area contributed by atoms with E-state index in [0.717, 1.165) is 4.31 Å². The first-order valence-corrected chi connectivity index (χ1v) is 9.44. The molecule has 0 unspecified atom stereocenters. The number of rotatable bonds is 5. The summed E-state index contributed by atoms with van der Waals surface area (Å²) in [5.41, 5.74) is 0.340. The minimum Gasteiger partial charge on any atom is -0.493 e. The maximum atomic E-state index is 13.3. The lowest BCUT2D eigenvalue weighted by atomic mass is 10.2. The molecule has 8 nitrogen and oxygen atoms in total. The number of para-hydroxylation sites is 2. The average molecular weight is 393 g/mol. The van der Waals surface area contributed by atoms with Gasteiger partial charge in [-0.3, -0.25) is 4.31 Å².